The maximum absolute atomic E-state index is 11.4. The van der Waals surface area contributed by atoms with Gasteiger partial charge in [-0.3, -0.25) is 4.84 Å². The van der Waals surface area contributed by atoms with Crippen molar-refractivity contribution in [2.75, 3.05) is 20.6 Å². The Morgan fingerprint density at radius 3 is 2.28 bits per heavy atom. The first-order chi connectivity index (χ1) is 7.99. The lowest BCUT2D eigenvalue weighted by atomic mass is 10.2. The Kier molecular flexibility index (Phi) is 5.98. The highest BCUT2D eigenvalue weighted by Gasteiger charge is 2.25. The van der Waals surface area contributed by atoms with Crippen molar-refractivity contribution < 1.29 is 27.2 Å². The van der Waals surface area contributed by atoms with E-state index in [1.807, 2.05) is 0 Å². The number of carbonyl (C=O) groups excluding carboxylic acids is 1. The second-order valence-electron chi connectivity index (χ2n) is 4.77. The number of rotatable bonds is 7. The topological polar surface area (TPSA) is 83.5 Å². The van der Waals surface area contributed by atoms with E-state index in [2.05, 4.69) is 6.58 Å². The van der Waals surface area contributed by atoms with E-state index in [1.165, 1.54) is 6.92 Å². The molecule has 0 rings (SSSR count). The Bertz CT molecular complexity index is 413. The zero-order valence-corrected chi connectivity index (χ0v) is 12.1. The average molecular weight is 279 g/mol. The summed E-state index contributed by atoms with van der Waals surface area (Å²) in [5.74, 6) is -0.543. The van der Waals surface area contributed by atoms with Gasteiger partial charge < -0.3 is 4.55 Å². The summed E-state index contributed by atoms with van der Waals surface area (Å²) in [5.41, 5.74) is 0.268. The van der Waals surface area contributed by atoms with Crippen molar-refractivity contribution in [1.82, 2.24) is 0 Å². The summed E-state index contributed by atoms with van der Waals surface area (Å²) in [4.78, 5) is 16.5. The van der Waals surface area contributed by atoms with E-state index in [0.29, 0.717) is 0 Å². The van der Waals surface area contributed by atoms with Gasteiger partial charge in [-0.2, -0.15) is 0 Å². The van der Waals surface area contributed by atoms with Gasteiger partial charge in [0.25, 0.3) is 0 Å². The first kappa shape index (κ1) is 17.1. The maximum Gasteiger partial charge on any atom is 0.392 e. The van der Waals surface area contributed by atoms with Gasteiger partial charge in [-0.15, -0.1) is 4.65 Å². The Labute approximate surface area is 109 Å². The van der Waals surface area contributed by atoms with Gasteiger partial charge >= 0.3 is 5.97 Å². The number of hydroxylamine groups is 3. The quantitative estimate of drug-likeness (QED) is 0.298. The molecule has 0 aliphatic carbocycles. The molecule has 0 radical (unpaired) electrons. The van der Waals surface area contributed by atoms with Crippen LogP contribution in [0.1, 0.15) is 26.7 Å². The van der Waals surface area contributed by atoms with Crippen LogP contribution in [-0.4, -0.2) is 49.5 Å². The van der Waals surface area contributed by atoms with Crippen LogP contribution in [0.4, 0.5) is 0 Å². The van der Waals surface area contributed by atoms with Crippen LogP contribution in [0.25, 0.3) is 0 Å². The fourth-order valence-electron chi connectivity index (χ4n) is 1.36. The lowest BCUT2D eigenvalue weighted by Crippen LogP contribution is -2.44. The predicted octanol–water partition coefficient (Wildman–Crippen LogP) is 0.811. The van der Waals surface area contributed by atoms with E-state index in [-0.39, 0.29) is 29.6 Å². The molecule has 0 amide bonds. The van der Waals surface area contributed by atoms with Crippen LogP contribution in [0.2, 0.25) is 0 Å². The summed E-state index contributed by atoms with van der Waals surface area (Å²) in [6.07, 6.45) is 0.402. The zero-order valence-electron chi connectivity index (χ0n) is 11.3. The molecule has 0 spiro atoms. The summed E-state index contributed by atoms with van der Waals surface area (Å²) in [6.45, 7) is 6.87. The Morgan fingerprint density at radius 1 is 1.44 bits per heavy atom. The Hall–Kier alpha value is -0.920. The molecule has 7 heteroatoms. The third-order valence-corrected chi connectivity index (χ3v) is 3.92. The van der Waals surface area contributed by atoms with E-state index in [4.69, 9.17) is 4.84 Å². The van der Waals surface area contributed by atoms with Gasteiger partial charge in [-0.25, -0.2) is 13.2 Å². The second-order valence-corrected chi connectivity index (χ2v) is 6.42. The third-order valence-electron chi connectivity index (χ3n) is 2.53. The molecular weight excluding hydrogens is 258 g/mol. The molecule has 0 saturated carbocycles. The van der Waals surface area contributed by atoms with Crippen LogP contribution in [0.3, 0.4) is 0 Å². The van der Waals surface area contributed by atoms with Gasteiger partial charge in [0.1, 0.15) is 20.6 Å². The van der Waals surface area contributed by atoms with Gasteiger partial charge in [0.15, 0.2) is 0 Å². The fraction of sp³-hybridized carbons (Fsp3) is 0.727. The molecule has 0 aromatic heterocycles. The van der Waals surface area contributed by atoms with Crippen LogP contribution in [0.5, 0.6) is 0 Å². The summed E-state index contributed by atoms with van der Waals surface area (Å²) in [5, 5.41) is -0.946. The highest BCUT2D eigenvalue weighted by Crippen LogP contribution is 2.13. The Morgan fingerprint density at radius 2 is 1.94 bits per heavy atom. The monoisotopic (exact) mass is 279 g/mol. The third kappa shape index (κ3) is 6.13. The molecule has 0 aromatic rings. The number of hydrogen-bond acceptors (Lipinski definition) is 5. The van der Waals surface area contributed by atoms with Gasteiger partial charge in [0.05, 0.1) is 15.4 Å². The normalized spacial score (nSPS) is 14.1. The maximum atomic E-state index is 11.4. The van der Waals surface area contributed by atoms with E-state index in [0.717, 1.165) is 0 Å². The molecular formula is C11H21NO5S. The molecule has 1 atom stereocenters. The standard InChI is InChI=1S/C11H21NO5S/c1-6-10(18(14,15)16)7-8-12(4,5)17-11(13)9(2)3/h10H,2,6-8H2,1,3-5H3. The molecule has 0 saturated heterocycles. The van der Waals surface area contributed by atoms with Crippen LogP contribution >= 0.6 is 0 Å². The molecule has 0 aliphatic rings. The highest BCUT2D eigenvalue weighted by atomic mass is 32.2. The van der Waals surface area contributed by atoms with Gasteiger partial charge in [-0.05, 0) is 13.3 Å². The molecule has 0 aliphatic heterocycles. The van der Waals surface area contributed by atoms with Gasteiger partial charge in [0, 0.05) is 12.0 Å². The summed E-state index contributed by atoms with van der Waals surface area (Å²) in [6, 6.07) is 0. The molecule has 0 heterocycles. The largest absolute Gasteiger partial charge is 0.748 e. The molecule has 106 valence electrons. The first-order valence-electron chi connectivity index (χ1n) is 5.66. The van der Waals surface area contributed by atoms with Gasteiger partial charge in [-0.1, -0.05) is 13.5 Å². The van der Waals surface area contributed by atoms with Crippen LogP contribution in [0, 0.1) is 0 Å². The molecule has 1 unspecified atom stereocenters. The Balaban J connectivity index is 4.51. The fourth-order valence-corrected chi connectivity index (χ4v) is 2.16. The zero-order chi connectivity index (χ0) is 14.6. The van der Waals surface area contributed by atoms with E-state index < -0.39 is 21.3 Å². The minimum atomic E-state index is -4.30. The predicted molar refractivity (Wildman–Crippen MR) is 66.3 cm³/mol. The molecule has 18 heavy (non-hydrogen) atoms. The minimum absolute atomic E-state index is 0.141. The van der Waals surface area contributed by atoms with Crippen molar-refractivity contribution in [3.63, 3.8) is 0 Å². The van der Waals surface area contributed by atoms with Crippen LogP contribution in [0.15, 0.2) is 12.2 Å². The number of carbonyl (C=O) groups is 1. The molecule has 0 aromatic carbocycles. The van der Waals surface area contributed by atoms with Crippen molar-refractivity contribution in [2.24, 2.45) is 0 Å². The van der Waals surface area contributed by atoms with Crippen molar-refractivity contribution in [1.29, 1.82) is 0 Å². The van der Waals surface area contributed by atoms with Gasteiger partial charge in [0.2, 0.25) is 0 Å². The lowest BCUT2D eigenvalue weighted by molar-refractivity contribution is -1.06. The molecule has 0 fully saturated rings. The van der Waals surface area contributed by atoms with Crippen molar-refractivity contribution >= 4 is 16.1 Å². The second kappa shape index (κ2) is 6.31. The summed E-state index contributed by atoms with van der Waals surface area (Å²) in [7, 11) is -1.07. The lowest BCUT2D eigenvalue weighted by Gasteiger charge is -2.28. The molecule has 6 nitrogen and oxygen atoms in total. The van der Waals surface area contributed by atoms with Crippen molar-refractivity contribution in [3.8, 4) is 0 Å². The first-order valence-corrected chi connectivity index (χ1v) is 7.14. The average Bonchev–Trinajstić information content (AvgIpc) is 2.15. The summed E-state index contributed by atoms with van der Waals surface area (Å²) < 4.78 is 32.6. The number of quaternary nitrogens is 1. The van der Waals surface area contributed by atoms with E-state index in [1.54, 1.807) is 21.0 Å². The highest BCUT2D eigenvalue weighted by molar-refractivity contribution is 7.86. The van der Waals surface area contributed by atoms with Crippen molar-refractivity contribution in [3.05, 3.63) is 12.2 Å². The van der Waals surface area contributed by atoms with Crippen molar-refractivity contribution in [2.45, 2.75) is 31.9 Å². The van der Waals surface area contributed by atoms with Crippen LogP contribution in [-0.2, 0) is 19.8 Å². The summed E-state index contributed by atoms with van der Waals surface area (Å²) >= 11 is 0. The number of hydrogen-bond donors (Lipinski definition) is 0. The molecule has 0 N–H and O–H groups in total. The smallest absolute Gasteiger partial charge is 0.392 e. The molecule has 0 bridgehead atoms. The van der Waals surface area contributed by atoms with E-state index in [9.17, 15) is 17.8 Å². The number of nitrogens with zero attached hydrogens (tertiary/aromatic N) is 1. The minimum Gasteiger partial charge on any atom is -0.748 e. The SMILES string of the molecule is C=C(C)C(=O)O[N+](C)(C)CCC(CC)S(=O)(=O)[O-]. The van der Waals surface area contributed by atoms with Crippen LogP contribution < -0.4 is 0 Å². The van der Waals surface area contributed by atoms with E-state index >= 15 is 0 Å².